The van der Waals surface area contributed by atoms with Gasteiger partial charge in [0, 0.05) is 30.5 Å². The topological polar surface area (TPSA) is 238 Å². The fraction of sp³-hybridized carbons (Fsp3) is 0.512. The number of alkyl halides is 2. The number of benzene rings is 6. The lowest BCUT2D eigenvalue weighted by atomic mass is 9.49. The second-order valence-electron chi connectivity index (χ2n) is 31.3. The first-order valence-electron chi connectivity index (χ1n) is 36.5. The van der Waals surface area contributed by atoms with Crippen LogP contribution in [0.3, 0.4) is 0 Å². The van der Waals surface area contributed by atoms with Crippen molar-refractivity contribution in [1.29, 1.82) is 0 Å². The summed E-state index contributed by atoms with van der Waals surface area (Å²) in [6.45, 7) is 11.4. The van der Waals surface area contributed by atoms with E-state index in [1.165, 1.54) is 93.6 Å². The van der Waals surface area contributed by atoms with Crippen LogP contribution < -0.4 is 9.47 Å². The first-order valence-corrected chi connectivity index (χ1v) is 42.2. The summed E-state index contributed by atoms with van der Waals surface area (Å²) in [4.78, 5) is 57.1. The van der Waals surface area contributed by atoms with Crippen LogP contribution >= 0.6 is 0 Å². The number of rotatable bonds is 20. The zero-order valence-corrected chi connectivity index (χ0v) is 63.5. The Bertz CT molecular complexity index is 3870. The van der Waals surface area contributed by atoms with Gasteiger partial charge in [0.25, 0.3) is 0 Å². The summed E-state index contributed by atoms with van der Waals surface area (Å²) in [5.41, 5.74) is 3.03. The summed E-state index contributed by atoms with van der Waals surface area (Å²) in [5, 5.41) is -5.16. The minimum atomic E-state index is -6.15. The Morgan fingerprint density at radius 1 is 0.442 bits per heavy atom. The van der Waals surface area contributed by atoms with Gasteiger partial charge in [-0.2, -0.15) is 8.78 Å². The van der Waals surface area contributed by atoms with E-state index in [4.69, 9.17) is 36.7 Å². The highest BCUT2D eigenvalue weighted by molar-refractivity contribution is 7.97. The molecule has 22 heteroatoms. The van der Waals surface area contributed by atoms with Crippen LogP contribution in [0.25, 0.3) is 0 Å². The molecule has 0 radical (unpaired) electrons. The van der Waals surface area contributed by atoms with E-state index >= 15 is 0 Å². The van der Waals surface area contributed by atoms with Crippen molar-refractivity contribution in [3.05, 3.63) is 168 Å². The lowest BCUT2D eigenvalue weighted by Crippen LogP contribution is -2.58. The van der Waals surface area contributed by atoms with Crippen molar-refractivity contribution < 1.29 is 82.3 Å². The third kappa shape index (κ3) is 17.4. The van der Waals surface area contributed by atoms with Gasteiger partial charge in [0.1, 0.15) is 35.9 Å². The minimum Gasteiger partial charge on any atom is -0.748 e. The van der Waals surface area contributed by atoms with Crippen LogP contribution in [0, 0.1) is 98.2 Å². The first kappa shape index (κ1) is 76.8. The Kier molecular flexibility index (Phi) is 23.3. The summed E-state index contributed by atoms with van der Waals surface area (Å²) in [7, 11) is -10.5. The summed E-state index contributed by atoms with van der Waals surface area (Å²) in [5.74, 6) is 5.31. The highest BCUT2D eigenvalue weighted by Crippen LogP contribution is 2.62. The zero-order chi connectivity index (χ0) is 74.1. The lowest BCUT2D eigenvalue weighted by Gasteiger charge is -2.59. The van der Waals surface area contributed by atoms with Gasteiger partial charge in [-0.05, 0) is 280 Å². The van der Waals surface area contributed by atoms with Crippen molar-refractivity contribution in [2.75, 3.05) is 32.7 Å². The van der Waals surface area contributed by atoms with Crippen LogP contribution in [0.5, 0.6) is 11.5 Å². The molecule has 12 aliphatic rings. The average Bonchev–Trinajstić information content (AvgIpc) is 0.740. The molecule has 0 unspecified atom stereocenters. The largest absolute Gasteiger partial charge is 0.748 e. The van der Waals surface area contributed by atoms with Crippen molar-refractivity contribution >= 4 is 65.9 Å². The summed E-state index contributed by atoms with van der Waals surface area (Å²) in [6.07, 6.45) is 18.9. The molecule has 12 bridgehead atoms. The molecule has 104 heavy (non-hydrogen) atoms. The number of carbonyl (C=O) groups is 4. The molecule has 0 spiro atoms. The number of halogens is 2. The molecule has 0 aromatic heterocycles. The van der Waals surface area contributed by atoms with E-state index in [1.54, 1.807) is 0 Å². The van der Waals surface area contributed by atoms with E-state index in [0.717, 1.165) is 95.9 Å². The number of hydrogen-bond donors (Lipinski definition) is 0. The predicted octanol–water partition coefficient (Wildman–Crippen LogP) is 15.7. The van der Waals surface area contributed by atoms with Gasteiger partial charge < -0.3 is 37.5 Å². The van der Waals surface area contributed by atoms with E-state index in [-0.39, 0.29) is 58.1 Å². The normalized spacial score (nSPS) is 28.6. The van der Waals surface area contributed by atoms with Crippen molar-refractivity contribution in [2.24, 2.45) is 70.5 Å². The van der Waals surface area contributed by atoms with Crippen molar-refractivity contribution in [3.63, 3.8) is 0 Å². The summed E-state index contributed by atoms with van der Waals surface area (Å²) >= 11 is 0. The van der Waals surface area contributed by atoms with Gasteiger partial charge in [0.05, 0.1) is 37.3 Å². The fourth-order valence-corrected chi connectivity index (χ4v) is 24.7. The summed E-state index contributed by atoms with van der Waals surface area (Å²) < 4.78 is 118. The van der Waals surface area contributed by atoms with Crippen molar-refractivity contribution in [2.45, 2.75) is 190 Å². The van der Waals surface area contributed by atoms with Crippen molar-refractivity contribution in [3.8, 4) is 11.5 Å². The van der Waals surface area contributed by atoms with E-state index in [9.17, 15) is 40.9 Å². The minimum absolute atomic E-state index is 0.0357. The molecule has 16 nitrogen and oxygen atoms in total. The highest BCUT2D eigenvalue weighted by Gasteiger charge is 2.60. The molecular weight excluding hydrogens is 1410 g/mol. The molecule has 558 valence electrons. The Morgan fingerprint density at radius 3 is 0.990 bits per heavy atom. The Balaban J connectivity index is 0.000000145. The molecule has 0 N–H and O–H groups in total. The fourth-order valence-electron chi connectivity index (χ4n) is 19.9. The average molecular weight is 1500 g/mol. The maximum atomic E-state index is 13.0. The first-order chi connectivity index (χ1) is 49.3. The molecule has 18 rings (SSSR count). The van der Waals surface area contributed by atoms with Gasteiger partial charge in [-0.1, -0.05) is 72.8 Å². The van der Waals surface area contributed by atoms with E-state index in [2.05, 4.69) is 192 Å². The van der Waals surface area contributed by atoms with Gasteiger partial charge in [-0.3, -0.25) is 4.79 Å². The second kappa shape index (κ2) is 31.6. The number of esters is 4. The quantitative estimate of drug-likeness (QED) is 0.0227. The SMILES string of the molecule is CS(=O)(=O)[O-].Cc1cc([S+](c2ccccc2)c2ccccc2)cc(C)c1OCC(=O)OC1(C)C2CC3CC(C2)CC1C3.Cc1cc([S+](c2ccccc2)c2ccccc2)cc(C)c1OCC(=O)OC1(C)C2CC3CC(C2)CC1C3.O=C(OCCOC(=O)C(F)(F)S(=O)(=O)[O-])C12CC3CC(CC(C3)C1)C2. The van der Waals surface area contributed by atoms with Crippen LogP contribution in [-0.2, 0) is 80.2 Å². The third-order valence-corrected chi connectivity index (χ3v) is 28.9. The smallest absolute Gasteiger partial charge is 0.428 e. The number of ether oxygens (including phenoxy) is 6. The van der Waals surface area contributed by atoms with E-state index in [1.807, 2.05) is 0 Å². The maximum absolute atomic E-state index is 13.0. The number of carbonyl (C=O) groups excluding carboxylic acids is 4. The Hall–Kier alpha value is -6.82. The standard InChI is InChI=1S/2C33H37O3S.C15H20F2O7S.CH4O3S/c2*1-22-14-30(37(28-10-6-4-7-11-28)29-12-8-5-9-13-29)15-23(2)32(22)35-21-31(34)36-33(3)26-17-24-16-25(19-26)20-27(33)18-24;16-15(17,25(20,21)22)13(19)24-2-1-23-12(18)14-6-9-3-10(7-14)5-11(4-9)8-14;1-5(2,3)4/h2*4-15,24-27H,16-21H2,1-3H3;9-11H,1-8H2,(H,20,21,22);1H3,(H,2,3,4)/q2*+1;;/p-2. The lowest BCUT2D eigenvalue weighted by molar-refractivity contribution is -0.205. The van der Waals surface area contributed by atoms with Gasteiger partial charge in [0.2, 0.25) is 0 Å². The summed E-state index contributed by atoms with van der Waals surface area (Å²) in [6, 6.07) is 51.5. The Labute approximate surface area is 617 Å². The monoisotopic (exact) mass is 1500 g/mol. The predicted molar refractivity (Wildman–Crippen MR) is 389 cm³/mol. The molecule has 0 amide bonds. The van der Waals surface area contributed by atoms with Crippen LogP contribution in [0.2, 0.25) is 0 Å². The molecule has 6 aromatic rings. The molecule has 0 atom stereocenters. The van der Waals surface area contributed by atoms with Crippen LogP contribution in [0.1, 0.15) is 139 Å². The Morgan fingerprint density at radius 2 is 0.712 bits per heavy atom. The molecular formula is C82H96F2O16S4. The van der Waals surface area contributed by atoms with Crippen LogP contribution in [0.4, 0.5) is 8.78 Å². The molecule has 0 aliphatic heterocycles. The number of aryl methyl sites for hydroxylation is 4. The zero-order valence-electron chi connectivity index (χ0n) is 60.3. The molecule has 6 aromatic carbocycles. The molecule has 0 heterocycles. The molecule has 0 saturated heterocycles. The van der Waals surface area contributed by atoms with E-state index in [0.29, 0.717) is 47.7 Å². The second-order valence-corrected chi connectivity index (χ2v) is 38.2. The van der Waals surface area contributed by atoms with Crippen molar-refractivity contribution in [1.82, 2.24) is 0 Å². The van der Waals surface area contributed by atoms with Gasteiger partial charge in [-0.25, -0.2) is 31.2 Å². The molecule has 12 fully saturated rings. The maximum Gasteiger partial charge on any atom is 0.428 e. The molecule has 12 saturated carbocycles. The number of hydrogen-bond acceptors (Lipinski definition) is 16. The van der Waals surface area contributed by atoms with Crippen LogP contribution in [-0.4, -0.2) is 99.0 Å². The van der Waals surface area contributed by atoms with Gasteiger partial charge in [-0.15, -0.1) is 0 Å². The van der Waals surface area contributed by atoms with Gasteiger partial charge >= 0.3 is 29.1 Å². The van der Waals surface area contributed by atoms with E-state index < -0.39 is 56.1 Å². The highest BCUT2D eigenvalue weighted by atomic mass is 32.2. The molecule has 12 aliphatic carbocycles. The third-order valence-electron chi connectivity index (χ3n) is 23.7. The van der Waals surface area contributed by atoms with Crippen LogP contribution in [0.15, 0.2) is 175 Å². The van der Waals surface area contributed by atoms with Gasteiger partial charge in [0.15, 0.2) is 52.7 Å².